The fourth-order valence-electron chi connectivity index (χ4n) is 1.55. The molecule has 0 aromatic heterocycles. The second kappa shape index (κ2) is 5.47. The molecule has 1 rings (SSSR count). The first-order valence-electron chi connectivity index (χ1n) is 4.94. The van der Waals surface area contributed by atoms with Gasteiger partial charge in [-0.25, -0.2) is 4.79 Å². The molecule has 5 nitrogen and oxygen atoms in total. The number of carboxylic acid groups (broad SMARTS) is 1. The molecule has 0 saturated carbocycles. The van der Waals surface area contributed by atoms with Gasteiger partial charge in [-0.3, -0.25) is 4.79 Å². The molecule has 1 unspecified atom stereocenters. The van der Waals surface area contributed by atoms with E-state index in [-0.39, 0.29) is 18.5 Å². The molecule has 0 aromatic rings. The maximum atomic E-state index is 10.9. The molecule has 1 heterocycles. The van der Waals surface area contributed by atoms with Gasteiger partial charge in [0.05, 0.1) is 0 Å². The molecule has 80 valence electrons. The Hall–Kier alpha value is -1.26. The van der Waals surface area contributed by atoms with Crippen LogP contribution in [0.1, 0.15) is 32.1 Å². The summed E-state index contributed by atoms with van der Waals surface area (Å²) < 4.78 is 0. The molecule has 0 radical (unpaired) electrons. The summed E-state index contributed by atoms with van der Waals surface area (Å²) in [5, 5.41) is 13.9. The predicted molar refractivity (Wildman–Crippen MR) is 51.0 cm³/mol. The first-order valence-corrected chi connectivity index (χ1v) is 4.94. The van der Waals surface area contributed by atoms with Crippen LogP contribution in [-0.2, 0) is 4.79 Å². The number of unbranched alkanes of at least 4 members (excludes halogenated alkanes) is 1. The number of hydrogen-bond donors (Lipinski definition) is 3. The average Bonchev–Trinajstić information content (AvgIpc) is 2.12. The molecule has 2 amide bonds. The van der Waals surface area contributed by atoms with Crippen molar-refractivity contribution in [3.05, 3.63) is 0 Å². The number of urea groups is 1. The summed E-state index contributed by atoms with van der Waals surface area (Å²) in [6.07, 6.45) is 3.57. The molecule has 1 aliphatic heterocycles. The van der Waals surface area contributed by atoms with Crippen molar-refractivity contribution < 1.29 is 14.7 Å². The molecular formula is C9H16N2O3. The third-order valence-corrected chi connectivity index (χ3v) is 2.31. The Morgan fingerprint density at radius 2 is 2.29 bits per heavy atom. The highest BCUT2D eigenvalue weighted by atomic mass is 16.4. The number of carbonyl (C=O) groups is 2. The monoisotopic (exact) mass is 200 g/mol. The van der Waals surface area contributed by atoms with Crippen molar-refractivity contribution in [2.24, 2.45) is 0 Å². The first kappa shape index (κ1) is 10.8. The van der Waals surface area contributed by atoms with Gasteiger partial charge in [0.25, 0.3) is 0 Å². The van der Waals surface area contributed by atoms with E-state index >= 15 is 0 Å². The number of rotatable bonds is 5. The smallest absolute Gasteiger partial charge is 0.315 e. The lowest BCUT2D eigenvalue weighted by Gasteiger charge is -2.23. The van der Waals surface area contributed by atoms with E-state index in [4.69, 9.17) is 5.11 Å². The Morgan fingerprint density at radius 1 is 1.50 bits per heavy atom. The van der Waals surface area contributed by atoms with E-state index in [1.807, 2.05) is 0 Å². The van der Waals surface area contributed by atoms with Gasteiger partial charge in [-0.15, -0.1) is 0 Å². The predicted octanol–water partition coefficient (Wildman–Crippen LogP) is 0.703. The third-order valence-electron chi connectivity index (χ3n) is 2.31. The summed E-state index contributed by atoms with van der Waals surface area (Å²) in [5.74, 6) is -0.751. The molecule has 1 saturated heterocycles. The molecule has 5 heteroatoms. The van der Waals surface area contributed by atoms with Crippen molar-refractivity contribution in [2.75, 3.05) is 6.54 Å². The standard InChI is InChI=1S/C9H16N2O3/c12-8(13)4-2-1-3-7-5-6-10-9(14)11-7/h7H,1-6H2,(H,12,13)(H2,10,11,14). The fraction of sp³-hybridized carbons (Fsp3) is 0.778. The topological polar surface area (TPSA) is 78.4 Å². The molecule has 3 N–H and O–H groups in total. The molecule has 0 aliphatic carbocycles. The minimum atomic E-state index is -0.751. The highest BCUT2D eigenvalue weighted by molar-refractivity contribution is 5.74. The number of amides is 2. The lowest BCUT2D eigenvalue weighted by molar-refractivity contribution is -0.137. The van der Waals surface area contributed by atoms with Gasteiger partial charge < -0.3 is 15.7 Å². The van der Waals surface area contributed by atoms with Crippen molar-refractivity contribution in [3.8, 4) is 0 Å². The molecule has 0 spiro atoms. The van der Waals surface area contributed by atoms with Gasteiger partial charge in [0.15, 0.2) is 0 Å². The van der Waals surface area contributed by atoms with Crippen LogP contribution in [0, 0.1) is 0 Å². The van der Waals surface area contributed by atoms with Crippen molar-refractivity contribution in [3.63, 3.8) is 0 Å². The van der Waals surface area contributed by atoms with Crippen LogP contribution >= 0.6 is 0 Å². The van der Waals surface area contributed by atoms with Gasteiger partial charge in [-0.1, -0.05) is 6.42 Å². The maximum Gasteiger partial charge on any atom is 0.315 e. The highest BCUT2D eigenvalue weighted by Crippen LogP contribution is 2.08. The second-order valence-corrected chi connectivity index (χ2v) is 3.53. The SMILES string of the molecule is O=C(O)CCCCC1CCNC(=O)N1. The van der Waals surface area contributed by atoms with E-state index in [0.717, 1.165) is 25.8 Å². The highest BCUT2D eigenvalue weighted by Gasteiger charge is 2.16. The van der Waals surface area contributed by atoms with Crippen LogP contribution in [0.5, 0.6) is 0 Å². The molecule has 0 aromatic carbocycles. The first-order chi connectivity index (χ1) is 6.68. The number of nitrogens with one attached hydrogen (secondary N) is 2. The zero-order valence-corrected chi connectivity index (χ0v) is 8.08. The van der Waals surface area contributed by atoms with E-state index in [9.17, 15) is 9.59 Å². The second-order valence-electron chi connectivity index (χ2n) is 3.53. The van der Waals surface area contributed by atoms with E-state index < -0.39 is 5.97 Å². The number of aliphatic carboxylic acids is 1. The van der Waals surface area contributed by atoms with E-state index in [1.165, 1.54) is 0 Å². The van der Waals surface area contributed by atoms with Crippen molar-refractivity contribution in [2.45, 2.75) is 38.1 Å². The molecule has 1 atom stereocenters. The van der Waals surface area contributed by atoms with Crippen LogP contribution in [0.15, 0.2) is 0 Å². The Morgan fingerprint density at radius 3 is 2.93 bits per heavy atom. The largest absolute Gasteiger partial charge is 0.481 e. The Kier molecular flexibility index (Phi) is 4.22. The van der Waals surface area contributed by atoms with E-state index in [1.54, 1.807) is 0 Å². The van der Waals surface area contributed by atoms with Gasteiger partial charge in [0.1, 0.15) is 0 Å². The molecule has 1 fully saturated rings. The number of hydrogen-bond acceptors (Lipinski definition) is 2. The van der Waals surface area contributed by atoms with Gasteiger partial charge in [0.2, 0.25) is 0 Å². The van der Waals surface area contributed by atoms with Crippen LogP contribution < -0.4 is 10.6 Å². The normalized spacial score (nSPS) is 21.1. The minimum Gasteiger partial charge on any atom is -0.481 e. The zero-order valence-electron chi connectivity index (χ0n) is 8.08. The van der Waals surface area contributed by atoms with Crippen molar-refractivity contribution >= 4 is 12.0 Å². The van der Waals surface area contributed by atoms with Crippen LogP contribution in [0.4, 0.5) is 4.79 Å². The minimum absolute atomic E-state index is 0.112. The zero-order chi connectivity index (χ0) is 10.4. The molecule has 14 heavy (non-hydrogen) atoms. The summed E-state index contributed by atoms with van der Waals surface area (Å²) in [5.41, 5.74) is 0. The summed E-state index contributed by atoms with van der Waals surface area (Å²) >= 11 is 0. The third kappa shape index (κ3) is 4.11. The van der Waals surface area contributed by atoms with Gasteiger partial charge in [0, 0.05) is 19.0 Å². The fourth-order valence-corrected chi connectivity index (χ4v) is 1.55. The maximum absolute atomic E-state index is 10.9. The Labute approximate surface area is 82.9 Å². The summed E-state index contributed by atoms with van der Waals surface area (Å²) in [6, 6.07) is 0.108. The van der Waals surface area contributed by atoms with E-state index in [0.29, 0.717) is 6.42 Å². The van der Waals surface area contributed by atoms with Gasteiger partial charge in [-0.05, 0) is 19.3 Å². The molecule has 1 aliphatic rings. The summed E-state index contributed by atoms with van der Waals surface area (Å²) in [6.45, 7) is 0.718. The Balaban J connectivity index is 2.06. The van der Waals surface area contributed by atoms with Crippen molar-refractivity contribution in [1.82, 2.24) is 10.6 Å². The van der Waals surface area contributed by atoms with Gasteiger partial charge >= 0.3 is 12.0 Å². The van der Waals surface area contributed by atoms with E-state index in [2.05, 4.69) is 10.6 Å². The number of carbonyl (C=O) groups excluding carboxylic acids is 1. The van der Waals surface area contributed by atoms with Crippen LogP contribution in [0.25, 0.3) is 0 Å². The number of carboxylic acids is 1. The lowest BCUT2D eigenvalue weighted by Crippen LogP contribution is -2.49. The van der Waals surface area contributed by atoms with Gasteiger partial charge in [-0.2, -0.15) is 0 Å². The molecule has 0 bridgehead atoms. The lowest BCUT2D eigenvalue weighted by atomic mass is 10.0. The van der Waals surface area contributed by atoms with Crippen molar-refractivity contribution in [1.29, 1.82) is 0 Å². The Bertz CT molecular complexity index is 218. The summed E-state index contributed by atoms with van der Waals surface area (Å²) in [4.78, 5) is 21.1. The quantitative estimate of drug-likeness (QED) is 0.572. The molecular weight excluding hydrogens is 184 g/mol. The summed E-state index contributed by atoms with van der Waals surface area (Å²) in [7, 11) is 0. The van der Waals surface area contributed by atoms with Crippen LogP contribution in [-0.4, -0.2) is 29.7 Å². The van der Waals surface area contributed by atoms with Crippen LogP contribution in [0.2, 0.25) is 0 Å². The van der Waals surface area contributed by atoms with Crippen LogP contribution in [0.3, 0.4) is 0 Å². The average molecular weight is 200 g/mol.